The van der Waals surface area contributed by atoms with Gasteiger partial charge in [-0.1, -0.05) is 20.8 Å². The van der Waals surface area contributed by atoms with Gasteiger partial charge >= 0.3 is 5.69 Å². The van der Waals surface area contributed by atoms with Crippen molar-refractivity contribution in [3.8, 4) is 0 Å². The molecule has 3 aromatic rings. The molecule has 8 nitrogen and oxygen atoms in total. The van der Waals surface area contributed by atoms with Gasteiger partial charge in [-0.05, 0) is 51.4 Å². The van der Waals surface area contributed by atoms with Crippen molar-refractivity contribution in [3.63, 3.8) is 0 Å². The minimum atomic E-state index is -0.517. The van der Waals surface area contributed by atoms with Crippen LogP contribution in [-0.2, 0) is 18.4 Å². The summed E-state index contributed by atoms with van der Waals surface area (Å²) in [5.74, 6) is 1.06. The van der Waals surface area contributed by atoms with Crippen LogP contribution in [-0.4, -0.2) is 28.9 Å². The first-order chi connectivity index (χ1) is 13.9. The third-order valence-corrected chi connectivity index (χ3v) is 6.67. The fraction of sp³-hybridized carbons (Fsp3) is 0.636. The Morgan fingerprint density at radius 1 is 1.17 bits per heavy atom. The van der Waals surface area contributed by atoms with E-state index in [1.165, 1.54) is 17.9 Å². The fourth-order valence-corrected chi connectivity index (χ4v) is 5.57. The highest BCUT2D eigenvalue weighted by molar-refractivity contribution is 5.78. The molecule has 1 aliphatic rings. The molecule has 0 saturated heterocycles. The van der Waals surface area contributed by atoms with Gasteiger partial charge in [-0.3, -0.25) is 23.1 Å². The number of fused-ring (bicyclic) bond motifs is 3. The van der Waals surface area contributed by atoms with Crippen LogP contribution >= 0.6 is 0 Å². The minimum absolute atomic E-state index is 0.233. The molecule has 0 unspecified atom stereocenters. The lowest BCUT2D eigenvalue weighted by Crippen LogP contribution is -2.40. The van der Waals surface area contributed by atoms with Gasteiger partial charge in [0.25, 0.3) is 5.56 Å². The van der Waals surface area contributed by atoms with E-state index in [9.17, 15) is 14.4 Å². The third kappa shape index (κ3) is 2.96. The van der Waals surface area contributed by atoms with Crippen molar-refractivity contribution < 1.29 is 4.79 Å². The van der Waals surface area contributed by atoms with Crippen LogP contribution in [0, 0.1) is 25.2 Å². The maximum Gasteiger partial charge on any atom is 0.332 e. The van der Waals surface area contributed by atoms with Gasteiger partial charge in [-0.25, -0.2) is 4.79 Å². The Hall–Kier alpha value is -2.64. The lowest BCUT2D eigenvalue weighted by Gasteiger charge is -2.40. The molecule has 1 aliphatic carbocycles. The predicted molar refractivity (Wildman–Crippen MR) is 116 cm³/mol. The largest absolute Gasteiger partial charge is 0.332 e. The van der Waals surface area contributed by atoms with Gasteiger partial charge in [0.1, 0.15) is 5.78 Å². The van der Waals surface area contributed by atoms with Crippen molar-refractivity contribution in [1.29, 1.82) is 0 Å². The zero-order chi connectivity index (χ0) is 22.1. The number of hydrogen-bond donors (Lipinski definition) is 0. The van der Waals surface area contributed by atoms with E-state index in [0.717, 1.165) is 28.8 Å². The summed E-state index contributed by atoms with van der Waals surface area (Å²) in [7, 11) is 1.60. The number of rotatable bonds is 3. The molecule has 2 atom stereocenters. The summed E-state index contributed by atoms with van der Waals surface area (Å²) in [6.07, 6.45) is 3.29. The Morgan fingerprint density at radius 2 is 1.83 bits per heavy atom. The van der Waals surface area contributed by atoms with Gasteiger partial charge in [0, 0.05) is 24.5 Å². The molecule has 4 rings (SSSR count). The summed E-state index contributed by atoms with van der Waals surface area (Å²) >= 11 is 0. The first-order valence-electron chi connectivity index (χ1n) is 10.6. The number of hydrogen-bond acceptors (Lipinski definition) is 4. The van der Waals surface area contributed by atoms with E-state index >= 15 is 0 Å². The number of carbonyl (C=O) groups excluding carboxylic acids is 1. The Morgan fingerprint density at radius 3 is 2.43 bits per heavy atom. The van der Waals surface area contributed by atoms with Gasteiger partial charge in [-0.2, -0.15) is 4.98 Å². The molecule has 0 spiro atoms. The maximum atomic E-state index is 13.2. The number of Topliss-reactive ketones (excluding diaryl/α,β-unsaturated/α-hetero) is 1. The Kier molecular flexibility index (Phi) is 4.60. The van der Waals surface area contributed by atoms with Crippen molar-refractivity contribution in [3.05, 3.63) is 32.2 Å². The molecular weight excluding hydrogens is 382 g/mol. The van der Waals surface area contributed by atoms with Crippen LogP contribution in [0.4, 0.5) is 0 Å². The highest BCUT2D eigenvalue weighted by Crippen LogP contribution is 2.45. The molecule has 3 heterocycles. The monoisotopic (exact) mass is 413 g/mol. The highest BCUT2D eigenvalue weighted by Gasteiger charge is 2.35. The van der Waals surface area contributed by atoms with Crippen molar-refractivity contribution in [2.75, 3.05) is 0 Å². The number of ketones is 1. The Balaban J connectivity index is 2.06. The lowest BCUT2D eigenvalue weighted by atomic mass is 9.70. The molecule has 3 aromatic heterocycles. The molecule has 8 heteroatoms. The van der Waals surface area contributed by atoms with Gasteiger partial charge in [0.2, 0.25) is 5.78 Å². The maximum absolute atomic E-state index is 13.2. The predicted octanol–water partition coefficient (Wildman–Crippen LogP) is 2.74. The second-order valence-corrected chi connectivity index (χ2v) is 9.96. The summed E-state index contributed by atoms with van der Waals surface area (Å²) in [5.41, 5.74) is 1.99. The minimum Gasteiger partial charge on any atom is -0.311 e. The van der Waals surface area contributed by atoms with Crippen LogP contribution in [0.5, 0.6) is 0 Å². The average Bonchev–Trinajstić information content (AvgIpc) is 3.11. The van der Waals surface area contributed by atoms with Crippen LogP contribution in [0.1, 0.15) is 64.4 Å². The second kappa shape index (κ2) is 6.68. The number of imidazole rings is 2. The summed E-state index contributed by atoms with van der Waals surface area (Å²) < 4.78 is 6.51. The van der Waals surface area contributed by atoms with Crippen LogP contribution in [0.15, 0.2) is 9.59 Å². The topological polar surface area (TPSA) is 83.3 Å². The van der Waals surface area contributed by atoms with E-state index in [4.69, 9.17) is 4.98 Å². The number of aryl methyl sites for hydroxylation is 2. The van der Waals surface area contributed by atoms with Crippen molar-refractivity contribution in [1.82, 2.24) is 23.1 Å². The molecular formula is C22H31N5O3. The summed E-state index contributed by atoms with van der Waals surface area (Å²) in [6, 6.07) is 0.285. The van der Waals surface area contributed by atoms with E-state index in [1.54, 1.807) is 7.05 Å². The Labute approximate surface area is 175 Å². The normalized spacial score (nSPS) is 21.6. The number of nitrogens with zero attached hydrogens (tertiary/aromatic N) is 5. The van der Waals surface area contributed by atoms with E-state index in [0.29, 0.717) is 22.9 Å². The van der Waals surface area contributed by atoms with Gasteiger partial charge in [-0.15, -0.1) is 0 Å². The van der Waals surface area contributed by atoms with E-state index in [2.05, 4.69) is 32.3 Å². The lowest BCUT2D eigenvalue weighted by molar-refractivity contribution is -0.117. The molecule has 0 bridgehead atoms. The Bertz CT molecular complexity index is 1300. The summed E-state index contributed by atoms with van der Waals surface area (Å²) in [4.78, 5) is 42.4. The van der Waals surface area contributed by atoms with E-state index in [-0.39, 0.29) is 23.8 Å². The summed E-state index contributed by atoms with van der Waals surface area (Å²) in [6.45, 7) is 12.1. The first-order valence-corrected chi connectivity index (χ1v) is 10.6. The van der Waals surface area contributed by atoms with Crippen LogP contribution < -0.4 is 11.2 Å². The van der Waals surface area contributed by atoms with Gasteiger partial charge in [0.15, 0.2) is 11.2 Å². The first kappa shape index (κ1) is 20.6. The van der Waals surface area contributed by atoms with E-state index < -0.39 is 11.2 Å². The molecule has 1 saturated carbocycles. The zero-order valence-corrected chi connectivity index (χ0v) is 18.9. The molecule has 30 heavy (non-hydrogen) atoms. The van der Waals surface area contributed by atoms with Crippen LogP contribution in [0.25, 0.3) is 16.9 Å². The van der Waals surface area contributed by atoms with Crippen LogP contribution in [0.2, 0.25) is 0 Å². The smallest absolute Gasteiger partial charge is 0.311 e. The molecule has 0 aromatic carbocycles. The standard InChI is InChI=1S/C22H31N5O3/c1-12-8-16(10-22(5,6)9-12)26-14(3)15(4)27-17-18(23-20(26)27)24(7)21(30)25(19(17)29)11-13(2)28/h12,16H,8-11H2,1-7H3/t12-,16-/m0/s1. The zero-order valence-electron chi connectivity index (χ0n) is 18.9. The van der Waals surface area contributed by atoms with Gasteiger partial charge in [0.05, 0.1) is 6.54 Å². The quantitative estimate of drug-likeness (QED) is 0.661. The molecule has 0 aliphatic heterocycles. The molecule has 0 N–H and O–H groups in total. The highest BCUT2D eigenvalue weighted by atomic mass is 16.2. The molecule has 1 fully saturated rings. The molecule has 0 amide bonds. The average molecular weight is 414 g/mol. The third-order valence-electron chi connectivity index (χ3n) is 6.67. The van der Waals surface area contributed by atoms with Crippen LogP contribution in [0.3, 0.4) is 0 Å². The summed E-state index contributed by atoms with van der Waals surface area (Å²) in [5, 5.41) is 0. The number of carbonyl (C=O) groups is 1. The number of aromatic nitrogens is 5. The fourth-order valence-electron chi connectivity index (χ4n) is 5.57. The SMILES string of the molecule is CC(=O)Cn1c(=O)c2c(nc3n([C@H]4C[C@H](C)CC(C)(C)C4)c(C)c(C)n23)n(C)c1=O. The van der Waals surface area contributed by atoms with Crippen molar-refractivity contribution in [2.45, 2.75) is 73.4 Å². The second-order valence-electron chi connectivity index (χ2n) is 9.96. The van der Waals surface area contributed by atoms with Gasteiger partial charge < -0.3 is 4.57 Å². The van der Waals surface area contributed by atoms with Crippen molar-refractivity contribution >= 4 is 22.7 Å². The van der Waals surface area contributed by atoms with Crippen molar-refractivity contribution in [2.24, 2.45) is 18.4 Å². The molecule has 0 radical (unpaired) electrons. The van der Waals surface area contributed by atoms with E-state index in [1.807, 2.05) is 11.3 Å². The molecule has 162 valence electrons.